The second kappa shape index (κ2) is 5.54. The molecule has 0 spiro atoms. The van der Waals surface area contributed by atoms with E-state index >= 15 is 0 Å². The van der Waals surface area contributed by atoms with Crippen LogP contribution in [0.15, 0.2) is 27.6 Å². The minimum Gasteiger partial charge on any atom is -0.211 e. The first-order valence-corrected chi connectivity index (χ1v) is 8.92. The molecule has 1 fully saturated rings. The fraction of sp³-hybridized carbons (Fsp3) is 0.571. The summed E-state index contributed by atoms with van der Waals surface area (Å²) in [5.74, 6) is 0. The Morgan fingerprint density at radius 2 is 2.05 bits per heavy atom. The molecule has 2 rings (SSSR count). The smallest absolute Gasteiger partial charge is 0.211 e. The molecule has 0 heterocycles. The summed E-state index contributed by atoms with van der Waals surface area (Å²) in [5, 5.41) is 0. The SMILES string of the molecule is CCC1(CNS(=O)(=O)c2cc(Br)ccc2C)CCC1. The van der Waals surface area contributed by atoms with Gasteiger partial charge in [-0.3, -0.25) is 0 Å². The molecule has 19 heavy (non-hydrogen) atoms. The van der Waals surface area contributed by atoms with Crippen LogP contribution in [-0.2, 0) is 10.0 Å². The molecule has 0 radical (unpaired) electrons. The number of hydrogen-bond acceptors (Lipinski definition) is 2. The van der Waals surface area contributed by atoms with Gasteiger partial charge in [-0.05, 0) is 49.3 Å². The van der Waals surface area contributed by atoms with E-state index < -0.39 is 10.0 Å². The molecule has 0 aliphatic heterocycles. The summed E-state index contributed by atoms with van der Waals surface area (Å²) in [4.78, 5) is 0.368. The van der Waals surface area contributed by atoms with Crippen LogP contribution in [0.3, 0.4) is 0 Å². The molecule has 0 aromatic heterocycles. The van der Waals surface area contributed by atoms with Crippen molar-refractivity contribution in [3.8, 4) is 0 Å². The summed E-state index contributed by atoms with van der Waals surface area (Å²) < 4.78 is 28.3. The van der Waals surface area contributed by atoms with Crippen molar-refractivity contribution in [2.75, 3.05) is 6.54 Å². The van der Waals surface area contributed by atoms with Gasteiger partial charge in [0, 0.05) is 11.0 Å². The highest BCUT2D eigenvalue weighted by molar-refractivity contribution is 9.10. The van der Waals surface area contributed by atoms with E-state index in [4.69, 9.17) is 0 Å². The van der Waals surface area contributed by atoms with Gasteiger partial charge in [-0.15, -0.1) is 0 Å². The highest BCUT2D eigenvalue weighted by Gasteiger charge is 2.36. The number of aryl methyl sites for hydroxylation is 1. The molecule has 1 aromatic rings. The topological polar surface area (TPSA) is 46.2 Å². The largest absolute Gasteiger partial charge is 0.240 e. The highest BCUT2D eigenvalue weighted by Crippen LogP contribution is 2.43. The molecule has 1 aliphatic carbocycles. The lowest BCUT2D eigenvalue weighted by Crippen LogP contribution is -2.41. The second-order valence-electron chi connectivity index (χ2n) is 5.44. The number of hydrogen-bond donors (Lipinski definition) is 1. The van der Waals surface area contributed by atoms with E-state index in [1.807, 2.05) is 19.1 Å². The summed E-state index contributed by atoms with van der Waals surface area (Å²) in [6.07, 6.45) is 4.51. The summed E-state index contributed by atoms with van der Waals surface area (Å²) >= 11 is 3.33. The van der Waals surface area contributed by atoms with E-state index in [1.165, 1.54) is 6.42 Å². The minimum absolute atomic E-state index is 0.187. The molecule has 0 bridgehead atoms. The minimum atomic E-state index is -3.41. The number of sulfonamides is 1. The Kier molecular flexibility index (Phi) is 4.38. The molecular weight excluding hydrogens is 326 g/mol. The van der Waals surface area contributed by atoms with Crippen molar-refractivity contribution in [3.05, 3.63) is 28.2 Å². The van der Waals surface area contributed by atoms with Gasteiger partial charge in [-0.1, -0.05) is 35.3 Å². The van der Waals surface area contributed by atoms with Crippen LogP contribution < -0.4 is 4.72 Å². The number of halogens is 1. The predicted molar refractivity (Wildman–Crippen MR) is 80.6 cm³/mol. The van der Waals surface area contributed by atoms with E-state index in [2.05, 4.69) is 27.6 Å². The van der Waals surface area contributed by atoms with Gasteiger partial charge in [0.25, 0.3) is 0 Å². The van der Waals surface area contributed by atoms with Crippen molar-refractivity contribution in [2.24, 2.45) is 5.41 Å². The van der Waals surface area contributed by atoms with Crippen LogP contribution >= 0.6 is 15.9 Å². The first-order chi connectivity index (χ1) is 8.88. The van der Waals surface area contributed by atoms with Gasteiger partial charge in [0.1, 0.15) is 0 Å². The van der Waals surface area contributed by atoms with Crippen molar-refractivity contribution in [3.63, 3.8) is 0 Å². The third-order valence-electron chi connectivity index (χ3n) is 4.24. The maximum Gasteiger partial charge on any atom is 0.240 e. The van der Waals surface area contributed by atoms with Crippen LogP contribution in [0.2, 0.25) is 0 Å². The van der Waals surface area contributed by atoms with Gasteiger partial charge in [-0.25, -0.2) is 13.1 Å². The maximum absolute atomic E-state index is 12.4. The molecule has 3 nitrogen and oxygen atoms in total. The summed E-state index contributed by atoms with van der Waals surface area (Å²) in [6, 6.07) is 5.34. The second-order valence-corrected chi connectivity index (χ2v) is 8.09. The normalized spacial score (nSPS) is 18.1. The van der Waals surface area contributed by atoms with Crippen LogP contribution in [0.5, 0.6) is 0 Å². The lowest BCUT2D eigenvalue weighted by molar-refractivity contribution is 0.133. The van der Waals surface area contributed by atoms with Gasteiger partial charge in [-0.2, -0.15) is 0 Å². The predicted octanol–water partition coefficient (Wildman–Crippen LogP) is 3.62. The average molecular weight is 346 g/mol. The number of rotatable bonds is 5. The lowest BCUT2D eigenvalue weighted by Gasteiger charge is -2.41. The molecule has 1 saturated carbocycles. The quantitative estimate of drug-likeness (QED) is 0.885. The highest BCUT2D eigenvalue weighted by atomic mass is 79.9. The average Bonchev–Trinajstić information content (AvgIpc) is 2.31. The zero-order valence-electron chi connectivity index (χ0n) is 11.4. The first kappa shape index (κ1) is 15.0. The van der Waals surface area contributed by atoms with E-state index in [1.54, 1.807) is 6.07 Å². The van der Waals surface area contributed by atoms with Crippen LogP contribution in [0, 0.1) is 12.3 Å². The van der Waals surface area contributed by atoms with Gasteiger partial charge in [0.05, 0.1) is 4.90 Å². The molecule has 0 amide bonds. The van der Waals surface area contributed by atoms with Gasteiger partial charge >= 0.3 is 0 Å². The van der Waals surface area contributed by atoms with Gasteiger partial charge in [0.2, 0.25) is 10.0 Å². The molecule has 0 saturated heterocycles. The van der Waals surface area contributed by atoms with Crippen LogP contribution in [-0.4, -0.2) is 15.0 Å². The first-order valence-electron chi connectivity index (χ1n) is 6.64. The Morgan fingerprint density at radius 3 is 2.58 bits per heavy atom. The molecule has 0 unspecified atom stereocenters. The molecule has 0 atom stereocenters. The molecular formula is C14H20BrNO2S. The maximum atomic E-state index is 12.4. The Balaban J connectivity index is 2.16. The third-order valence-corrected chi connectivity index (χ3v) is 6.28. The number of nitrogens with one attached hydrogen (secondary N) is 1. The van der Waals surface area contributed by atoms with Crippen LogP contribution in [0.4, 0.5) is 0 Å². The summed E-state index contributed by atoms with van der Waals surface area (Å²) in [5.41, 5.74) is 0.961. The Hall–Kier alpha value is -0.390. The molecule has 1 N–H and O–H groups in total. The molecule has 5 heteroatoms. The van der Waals surface area contributed by atoms with E-state index in [0.29, 0.717) is 11.4 Å². The van der Waals surface area contributed by atoms with E-state index in [-0.39, 0.29) is 5.41 Å². The monoisotopic (exact) mass is 345 g/mol. The zero-order valence-corrected chi connectivity index (χ0v) is 13.8. The molecule has 1 aliphatic rings. The third kappa shape index (κ3) is 3.20. The van der Waals surface area contributed by atoms with Crippen molar-refractivity contribution in [1.82, 2.24) is 4.72 Å². The standard InChI is InChI=1S/C14H20BrNO2S/c1-3-14(7-4-8-14)10-16-19(17,18)13-9-12(15)6-5-11(13)2/h5-6,9,16H,3-4,7-8,10H2,1-2H3. The Labute approximate surface area is 124 Å². The van der Waals surface area contributed by atoms with E-state index in [0.717, 1.165) is 29.3 Å². The van der Waals surface area contributed by atoms with Crippen molar-refractivity contribution in [2.45, 2.75) is 44.4 Å². The van der Waals surface area contributed by atoms with Crippen LogP contribution in [0.25, 0.3) is 0 Å². The van der Waals surface area contributed by atoms with Crippen molar-refractivity contribution < 1.29 is 8.42 Å². The van der Waals surface area contributed by atoms with Gasteiger partial charge in [0.15, 0.2) is 0 Å². The van der Waals surface area contributed by atoms with E-state index in [9.17, 15) is 8.42 Å². The Bertz CT molecular complexity index is 559. The zero-order chi connectivity index (χ0) is 14.1. The van der Waals surface area contributed by atoms with Crippen molar-refractivity contribution in [1.29, 1.82) is 0 Å². The summed E-state index contributed by atoms with van der Waals surface area (Å²) in [6.45, 7) is 4.51. The van der Waals surface area contributed by atoms with Crippen LogP contribution in [0.1, 0.15) is 38.2 Å². The number of benzene rings is 1. The van der Waals surface area contributed by atoms with Gasteiger partial charge < -0.3 is 0 Å². The summed E-state index contributed by atoms with van der Waals surface area (Å²) in [7, 11) is -3.41. The fourth-order valence-corrected chi connectivity index (χ4v) is 4.46. The molecule has 106 valence electrons. The van der Waals surface area contributed by atoms with Crippen molar-refractivity contribution >= 4 is 26.0 Å². The fourth-order valence-electron chi connectivity index (χ4n) is 2.52. The lowest BCUT2D eigenvalue weighted by atomic mass is 9.67. The molecule has 1 aromatic carbocycles. The Morgan fingerprint density at radius 1 is 1.37 bits per heavy atom.